The van der Waals surface area contributed by atoms with Crippen LogP contribution in [0.3, 0.4) is 0 Å². The molecule has 1 spiro atoms. The van der Waals surface area contributed by atoms with Gasteiger partial charge in [-0.15, -0.1) is 0 Å². The van der Waals surface area contributed by atoms with Crippen molar-refractivity contribution in [3.63, 3.8) is 0 Å². The fraction of sp³-hybridized carbons (Fsp3) is 0.636. The normalized spacial score (nSPS) is 26.9. The third-order valence-corrected chi connectivity index (χ3v) is 7.09. The average Bonchev–Trinajstić information content (AvgIpc) is 3.51. The Hall–Kier alpha value is -1.92. The highest BCUT2D eigenvalue weighted by atomic mass is 16.5. The zero-order valence-corrected chi connectivity index (χ0v) is 16.6. The van der Waals surface area contributed by atoms with Crippen LogP contribution in [-0.4, -0.2) is 47.6 Å². The molecule has 1 aromatic rings. The minimum atomic E-state index is -0.529. The van der Waals surface area contributed by atoms with Crippen molar-refractivity contribution in [2.75, 3.05) is 19.6 Å². The summed E-state index contributed by atoms with van der Waals surface area (Å²) in [6.45, 7) is 4.39. The number of aryl methyl sites for hydroxylation is 1. The van der Waals surface area contributed by atoms with Crippen molar-refractivity contribution in [3.05, 3.63) is 35.4 Å². The van der Waals surface area contributed by atoms with Gasteiger partial charge in [0.1, 0.15) is 0 Å². The topological polar surface area (TPSA) is 81.7 Å². The van der Waals surface area contributed by atoms with Crippen molar-refractivity contribution in [1.82, 2.24) is 15.7 Å². The summed E-state index contributed by atoms with van der Waals surface area (Å²) in [7, 11) is 0. The van der Waals surface area contributed by atoms with E-state index in [1.165, 1.54) is 11.1 Å². The van der Waals surface area contributed by atoms with Gasteiger partial charge in [0.05, 0.1) is 12.0 Å². The van der Waals surface area contributed by atoms with E-state index in [0.29, 0.717) is 12.3 Å². The Morgan fingerprint density at radius 2 is 1.89 bits per heavy atom. The van der Waals surface area contributed by atoms with Crippen LogP contribution in [0.25, 0.3) is 0 Å². The maximum atomic E-state index is 13.1. The minimum Gasteiger partial charge on any atom is -0.341 e. The molecule has 0 aromatic heterocycles. The molecule has 2 amide bonds. The Morgan fingerprint density at radius 3 is 2.46 bits per heavy atom. The lowest BCUT2D eigenvalue weighted by atomic mass is 9.81. The number of rotatable bonds is 4. The molecule has 152 valence electrons. The van der Waals surface area contributed by atoms with Gasteiger partial charge in [-0.1, -0.05) is 31.2 Å². The lowest BCUT2D eigenvalue weighted by molar-refractivity contribution is -0.145. The molecular formula is C22H31N3O3. The van der Waals surface area contributed by atoms with E-state index in [1.54, 1.807) is 5.48 Å². The number of nitrogens with one attached hydrogen (secondary N) is 2. The predicted molar refractivity (Wildman–Crippen MR) is 106 cm³/mol. The van der Waals surface area contributed by atoms with Crippen molar-refractivity contribution < 1.29 is 14.8 Å². The monoisotopic (exact) mass is 385 g/mol. The van der Waals surface area contributed by atoms with E-state index in [9.17, 15) is 9.59 Å². The Balaban J connectivity index is 1.38. The molecule has 0 bridgehead atoms. The molecule has 4 rings (SSSR count). The van der Waals surface area contributed by atoms with Crippen LogP contribution in [-0.2, 0) is 16.0 Å². The molecule has 2 aliphatic heterocycles. The summed E-state index contributed by atoms with van der Waals surface area (Å²) in [5.41, 5.74) is 4.64. The summed E-state index contributed by atoms with van der Waals surface area (Å²) in [6, 6.07) is 8.31. The summed E-state index contributed by atoms with van der Waals surface area (Å²) >= 11 is 0. The molecule has 1 aliphatic carbocycles. The summed E-state index contributed by atoms with van der Waals surface area (Å²) in [5.74, 6) is -0.444. The molecule has 0 radical (unpaired) electrons. The number of benzene rings is 1. The van der Waals surface area contributed by atoms with Gasteiger partial charge in [0.2, 0.25) is 11.8 Å². The summed E-state index contributed by atoms with van der Waals surface area (Å²) in [5, 5.41) is 12.5. The number of carbonyl (C=O) groups excluding carboxylic acids is 2. The second-order valence-electron chi connectivity index (χ2n) is 8.84. The smallest absolute Gasteiger partial charge is 0.248 e. The molecule has 1 saturated carbocycles. The molecule has 2 heterocycles. The van der Waals surface area contributed by atoms with E-state index in [4.69, 9.17) is 5.21 Å². The Kier molecular flexibility index (Phi) is 5.43. The fourth-order valence-corrected chi connectivity index (χ4v) is 4.92. The van der Waals surface area contributed by atoms with Gasteiger partial charge in [0.25, 0.3) is 0 Å². The van der Waals surface area contributed by atoms with Crippen molar-refractivity contribution in [3.8, 4) is 0 Å². The second kappa shape index (κ2) is 7.84. The summed E-state index contributed by atoms with van der Waals surface area (Å²) in [6.07, 6.45) is 5.82. The zero-order valence-electron chi connectivity index (χ0n) is 16.6. The van der Waals surface area contributed by atoms with Crippen LogP contribution in [0.1, 0.15) is 56.1 Å². The summed E-state index contributed by atoms with van der Waals surface area (Å²) in [4.78, 5) is 27.2. The van der Waals surface area contributed by atoms with E-state index >= 15 is 0 Å². The number of hydrogen-bond acceptors (Lipinski definition) is 4. The molecule has 6 nitrogen and oxygen atoms in total. The van der Waals surface area contributed by atoms with E-state index in [1.807, 2.05) is 4.90 Å². The molecule has 2 saturated heterocycles. The fourth-order valence-electron chi connectivity index (χ4n) is 4.92. The minimum absolute atomic E-state index is 0.00359. The predicted octanol–water partition coefficient (Wildman–Crippen LogP) is 2.22. The maximum absolute atomic E-state index is 13.1. The lowest BCUT2D eigenvalue weighted by Crippen LogP contribution is -2.59. The van der Waals surface area contributed by atoms with Gasteiger partial charge >= 0.3 is 0 Å². The van der Waals surface area contributed by atoms with Crippen LogP contribution in [0.15, 0.2) is 24.3 Å². The maximum Gasteiger partial charge on any atom is 0.248 e. The molecule has 3 fully saturated rings. The molecule has 0 unspecified atom stereocenters. The standard InChI is InChI=1S/C22H31N3O3/c1-2-15-3-5-16(6-4-15)17-7-11-25(12-8-17)21(27)19-18(20(26)24-28)13-22(9-10-22)14-23-19/h3-6,17-19,23,28H,2,7-14H2,1H3,(H,24,26)/t18-,19-/m0/s1. The van der Waals surface area contributed by atoms with Gasteiger partial charge in [-0.2, -0.15) is 0 Å². The van der Waals surface area contributed by atoms with Crippen LogP contribution >= 0.6 is 0 Å². The van der Waals surface area contributed by atoms with E-state index < -0.39 is 17.9 Å². The zero-order chi connectivity index (χ0) is 19.7. The Bertz CT molecular complexity index is 721. The second-order valence-corrected chi connectivity index (χ2v) is 8.84. The van der Waals surface area contributed by atoms with Crippen molar-refractivity contribution >= 4 is 11.8 Å². The van der Waals surface area contributed by atoms with Crippen molar-refractivity contribution in [1.29, 1.82) is 0 Å². The number of hydroxylamine groups is 1. The van der Waals surface area contributed by atoms with E-state index in [2.05, 4.69) is 36.5 Å². The van der Waals surface area contributed by atoms with Crippen LogP contribution in [0.2, 0.25) is 0 Å². The quantitative estimate of drug-likeness (QED) is 0.548. The highest BCUT2D eigenvalue weighted by Crippen LogP contribution is 2.52. The summed E-state index contributed by atoms with van der Waals surface area (Å²) < 4.78 is 0. The van der Waals surface area contributed by atoms with Crippen LogP contribution < -0.4 is 10.8 Å². The first-order valence-corrected chi connectivity index (χ1v) is 10.6. The number of amides is 2. The number of hydrogen-bond donors (Lipinski definition) is 3. The van der Waals surface area contributed by atoms with Crippen LogP contribution in [0.4, 0.5) is 0 Å². The largest absolute Gasteiger partial charge is 0.341 e. The molecule has 3 N–H and O–H groups in total. The van der Waals surface area contributed by atoms with Crippen molar-refractivity contribution in [2.45, 2.75) is 57.4 Å². The first-order chi connectivity index (χ1) is 13.5. The number of carbonyl (C=O) groups is 2. The van der Waals surface area contributed by atoms with Gasteiger partial charge in [0, 0.05) is 19.6 Å². The molecule has 2 atom stereocenters. The highest BCUT2D eigenvalue weighted by Gasteiger charge is 2.52. The van der Waals surface area contributed by atoms with Gasteiger partial charge in [0.15, 0.2) is 0 Å². The van der Waals surface area contributed by atoms with E-state index in [0.717, 1.165) is 51.7 Å². The molecule has 3 aliphatic rings. The SMILES string of the molecule is CCc1ccc(C2CCN(C(=O)[C@H]3NCC4(CC4)C[C@@H]3C(=O)NO)CC2)cc1. The van der Waals surface area contributed by atoms with Crippen molar-refractivity contribution in [2.24, 2.45) is 11.3 Å². The van der Waals surface area contributed by atoms with Gasteiger partial charge in [-0.25, -0.2) is 5.48 Å². The van der Waals surface area contributed by atoms with Gasteiger partial charge < -0.3 is 10.2 Å². The Labute approximate surface area is 166 Å². The first-order valence-electron chi connectivity index (χ1n) is 10.6. The number of piperidine rings is 2. The third-order valence-electron chi connectivity index (χ3n) is 7.09. The molecule has 28 heavy (non-hydrogen) atoms. The van der Waals surface area contributed by atoms with Crippen LogP contribution in [0, 0.1) is 11.3 Å². The molecule has 1 aromatic carbocycles. The Morgan fingerprint density at radius 1 is 1.21 bits per heavy atom. The number of likely N-dealkylation sites (tertiary alicyclic amines) is 1. The average molecular weight is 386 g/mol. The van der Waals surface area contributed by atoms with Gasteiger partial charge in [-0.3, -0.25) is 14.8 Å². The molecule has 6 heteroatoms. The van der Waals surface area contributed by atoms with E-state index in [-0.39, 0.29) is 11.3 Å². The highest BCUT2D eigenvalue weighted by molar-refractivity contribution is 5.90. The van der Waals surface area contributed by atoms with Gasteiger partial charge in [-0.05, 0) is 61.0 Å². The third kappa shape index (κ3) is 3.80. The number of nitrogens with zero attached hydrogens (tertiary/aromatic N) is 1. The van der Waals surface area contributed by atoms with Crippen LogP contribution in [0.5, 0.6) is 0 Å². The molecular weight excluding hydrogens is 354 g/mol. The lowest BCUT2D eigenvalue weighted by Gasteiger charge is -2.40. The first kappa shape index (κ1) is 19.4.